The van der Waals surface area contributed by atoms with Crippen LogP contribution in [0.15, 0.2) is 23.2 Å². The number of aliphatic hydroxyl groups excluding tert-OH is 1. The first-order valence-electron chi connectivity index (χ1n) is 8.01. The highest BCUT2D eigenvalue weighted by atomic mass is 127. The Morgan fingerprint density at radius 3 is 2.23 bits per heavy atom. The molecular formula is C17H30IN3O. The number of hydrogen-bond acceptors (Lipinski definition) is 2. The third-order valence-electron chi connectivity index (χ3n) is 3.60. The van der Waals surface area contributed by atoms with Crippen molar-refractivity contribution in [2.24, 2.45) is 10.7 Å². The Morgan fingerprint density at radius 1 is 1.09 bits per heavy atom. The van der Waals surface area contributed by atoms with Gasteiger partial charge in [-0.1, -0.05) is 44.9 Å². The summed E-state index contributed by atoms with van der Waals surface area (Å²) in [7, 11) is 0. The smallest absolute Gasteiger partial charge is 0.193 e. The van der Waals surface area contributed by atoms with Crippen LogP contribution in [0.2, 0.25) is 0 Å². The number of halogens is 1. The monoisotopic (exact) mass is 419 g/mol. The van der Waals surface area contributed by atoms with E-state index < -0.39 is 0 Å². The van der Waals surface area contributed by atoms with Crippen molar-refractivity contribution in [1.82, 2.24) is 0 Å². The third kappa shape index (κ3) is 7.45. The van der Waals surface area contributed by atoms with Crippen LogP contribution in [0, 0.1) is 0 Å². The minimum absolute atomic E-state index is 0. The first-order valence-corrected chi connectivity index (χ1v) is 8.01. The number of nitrogens with two attached hydrogens (primary N) is 1. The summed E-state index contributed by atoms with van der Waals surface area (Å²) in [5.74, 6) is 0.493. The summed E-state index contributed by atoms with van der Waals surface area (Å²) in [6.07, 6.45) is 5.98. The summed E-state index contributed by atoms with van der Waals surface area (Å²) in [4.78, 5) is 4.39. The number of unbranched alkanes of at least 4 members (excludes halogenated alkanes) is 3. The van der Waals surface area contributed by atoms with Crippen molar-refractivity contribution in [2.45, 2.75) is 52.4 Å². The van der Waals surface area contributed by atoms with Crippen molar-refractivity contribution >= 4 is 35.6 Å². The number of nitrogens with zero attached hydrogens (tertiary/aromatic N) is 1. The Kier molecular flexibility index (Phi) is 12.2. The highest BCUT2D eigenvalue weighted by Crippen LogP contribution is 2.22. The van der Waals surface area contributed by atoms with E-state index in [9.17, 15) is 0 Å². The number of benzene rings is 1. The van der Waals surface area contributed by atoms with Gasteiger partial charge in [-0.2, -0.15) is 0 Å². The van der Waals surface area contributed by atoms with Crippen LogP contribution < -0.4 is 11.1 Å². The molecule has 126 valence electrons. The molecule has 4 N–H and O–H groups in total. The first-order chi connectivity index (χ1) is 10.2. The first kappa shape index (κ1) is 21.2. The van der Waals surface area contributed by atoms with E-state index in [4.69, 9.17) is 10.8 Å². The van der Waals surface area contributed by atoms with Gasteiger partial charge in [0.25, 0.3) is 0 Å². The molecule has 0 fully saturated rings. The van der Waals surface area contributed by atoms with Gasteiger partial charge in [0.2, 0.25) is 0 Å². The molecule has 4 nitrogen and oxygen atoms in total. The second-order valence-corrected chi connectivity index (χ2v) is 5.19. The molecule has 5 heteroatoms. The molecule has 22 heavy (non-hydrogen) atoms. The van der Waals surface area contributed by atoms with Crippen molar-refractivity contribution in [3.8, 4) is 0 Å². The topological polar surface area (TPSA) is 70.6 Å². The van der Waals surface area contributed by atoms with Gasteiger partial charge in [-0.25, -0.2) is 0 Å². The van der Waals surface area contributed by atoms with E-state index in [-0.39, 0.29) is 30.6 Å². The van der Waals surface area contributed by atoms with Crippen LogP contribution in [0.25, 0.3) is 0 Å². The molecule has 1 aromatic carbocycles. The number of rotatable bonds is 9. The van der Waals surface area contributed by atoms with Crippen LogP contribution >= 0.6 is 24.0 Å². The molecule has 0 aliphatic rings. The summed E-state index contributed by atoms with van der Waals surface area (Å²) in [5.41, 5.74) is 9.65. The lowest BCUT2D eigenvalue weighted by Crippen LogP contribution is -2.24. The molecule has 0 aliphatic heterocycles. The van der Waals surface area contributed by atoms with Crippen molar-refractivity contribution in [2.75, 3.05) is 18.5 Å². The van der Waals surface area contributed by atoms with Gasteiger partial charge in [-0.05, 0) is 36.8 Å². The molecule has 0 bridgehead atoms. The predicted octanol–water partition coefficient (Wildman–Crippen LogP) is 3.71. The van der Waals surface area contributed by atoms with Crippen molar-refractivity contribution in [3.05, 3.63) is 29.3 Å². The summed E-state index contributed by atoms with van der Waals surface area (Å²) in [6.45, 7) is 5.31. The van der Waals surface area contributed by atoms with Crippen LogP contribution in [-0.2, 0) is 12.8 Å². The van der Waals surface area contributed by atoms with E-state index in [1.54, 1.807) is 0 Å². The molecule has 0 aliphatic carbocycles. The Balaban J connectivity index is 0.00000441. The number of guanidine groups is 1. The van der Waals surface area contributed by atoms with Crippen LogP contribution in [0.4, 0.5) is 5.69 Å². The van der Waals surface area contributed by atoms with E-state index in [0.29, 0.717) is 5.96 Å². The zero-order valence-corrected chi connectivity index (χ0v) is 16.1. The zero-order valence-electron chi connectivity index (χ0n) is 13.8. The molecular weight excluding hydrogens is 389 g/mol. The number of aliphatic hydroxyl groups is 1. The minimum atomic E-state index is 0. The second kappa shape index (κ2) is 12.7. The van der Waals surface area contributed by atoms with Crippen LogP contribution in [0.5, 0.6) is 0 Å². The maximum atomic E-state index is 8.72. The van der Waals surface area contributed by atoms with Crippen molar-refractivity contribution in [3.63, 3.8) is 0 Å². The lowest BCUT2D eigenvalue weighted by molar-refractivity contribution is 0.282. The van der Waals surface area contributed by atoms with Gasteiger partial charge in [0.15, 0.2) is 5.96 Å². The van der Waals surface area contributed by atoms with Gasteiger partial charge >= 0.3 is 0 Å². The van der Waals surface area contributed by atoms with E-state index in [1.165, 1.54) is 11.1 Å². The van der Waals surface area contributed by atoms with E-state index in [2.05, 4.69) is 42.4 Å². The fourth-order valence-electron chi connectivity index (χ4n) is 2.35. The molecule has 0 radical (unpaired) electrons. The Bertz CT molecular complexity index is 427. The average molecular weight is 419 g/mol. The average Bonchev–Trinajstić information content (AvgIpc) is 2.51. The molecule has 0 atom stereocenters. The van der Waals surface area contributed by atoms with Crippen LogP contribution in [0.3, 0.4) is 0 Å². The quantitative estimate of drug-likeness (QED) is 0.247. The lowest BCUT2D eigenvalue weighted by atomic mass is 10.0. The summed E-state index contributed by atoms with van der Waals surface area (Å²) in [5, 5.41) is 12.0. The lowest BCUT2D eigenvalue weighted by Gasteiger charge is -2.14. The number of aryl methyl sites for hydroxylation is 2. The molecule has 0 saturated heterocycles. The second-order valence-electron chi connectivity index (χ2n) is 5.19. The van der Waals surface area contributed by atoms with Gasteiger partial charge in [-0.3, -0.25) is 4.99 Å². The Morgan fingerprint density at radius 2 is 1.68 bits per heavy atom. The highest BCUT2D eigenvalue weighted by Gasteiger charge is 2.06. The normalized spacial score (nSPS) is 11.1. The maximum Gasteiger partial charge on any atom is 0.193 e. The molecule has 0 aromatic heterocycles. The van der Waals surface area contributed by atoms with Gasteiger partial charge in [0.05, 0.1) is 0 Å². The van der Waals surface area contributed by atoms with Crippen molar-refractivity contribution in [1.29, 1.82) is 0 Å². The Hall–Kier alpha value is -0.820. The summed E-state index contributed by atoms with van der Waals surface area (Å²) in [6, 6.07) is 6.35. The summed E-state index contributed by atoms with van der Waals surface area (Å²) < 4.78 is 0. The molecule has 0 unspecified atom stereocenters. The number of hydrogen-bond donors (Lipinski definition) is 3. The summed E-state index contributed by atoms with van der Waals surface area (Å²) >= 11 is 0. The molecule has 1 aromatic rings. The van der Waals surface area contributed by atoms with Crippen LogP contribution in [0.1, 0.15) is 50.7 Å². The number of para-hydroxylation sites is 1. The van der Waals surface area contributed by atoms with E-state index >= 15 is 0 Å². The molecule has 0 saturated carbocycles. The fraction of sp³-hybridized carbons (Fsp3) is 0.588. The fourth-order valence-corrected chi connectivity index (χ4v) is 2.35. The molecule has 0 amide bonds. The van der Waals surface area contributed by atoms with Gasteiger partial charge in [0.1, 0.15) is 0 Å². The largest absolute Gasteiger partial charge is 0.396 e. The van der Waals surface area contributed by atoms with E-state index in [0.717, 1.165) is 50.8 Å². The molecule has 1 rings (SSSR count). The van der Waals surface area contributed by atoms with Gasteiger partial charge < -0.3 is 16.2 Å². The number of nitrogens with one attached hydrogen (secondary N) is 1. The number of anilines is 1. The highest BCUT2D eigenvalue weighted by molar-refractivity contribution is 14.0. The SMILES string of the molecule is CCc1cccc(CC)c1NC(N)=NCCCCCCO.I. The standard InChI is InChI=1S/C17H29N3O.HI/c1-3-14-10-9-11-15(4-2)16(14)20-17(18)19-12-7-5-6-8-13-21;/h9-11,21H,3-8,12-13H2,1-2H3,(H3,18,19,20);1H. The molecule has 0 heterocycles. The predicted molar refractivity (Wildman–Crippen MR) is 106 cm³/mol. The maximum absolute atomic E-state index is 8.72. The Labute approximate surface area is 151 Å². The molecule has 0 spiro atoms. The van der Waals surface area contributed by atoms with Crippen molar-refractivity contribution < 1.29 is 5.11 Å². The number of aliphatic imine (C=N–C) groups is 1. The third-order valence-corrected chi connectivity index (χ3v) is 3.60. The van der Waals surface area contributed by atoms with E-state index in [1.807, 2.05) is 0 Å². The zero-order chi connectivity index (χ0) is 15.5. The van der Waals surface area contributed by atoms with Crippen LogP contribution in [-0.4, -0.2) is 24.2 Å². The minimum Gasteiger partial charge on any atom is -0.396 e. The van der Waals surface area contributed by atoms with Gasteiger partial charge in [0, 0.05) is 18.8 Å². The van der Waals surface area contributed by atoms with Gasteiger partial charge in [-0.15, -0.1) is 24.0 Å².